The average Bonchev–Trinajstić information content (AvgIpc) is 2.73. The van der Waals surface area contributed by atoms with Gasteiger partial charge in [0.25, 0.3) is 0 Å². The Morgan fingerprint density at radius 2 is 2.15 bits per heavy atom. The Labute approximate surface area is 128 Å². The predicted octanol–water partition coefficient (Wildman–Crippen LogP) is 2.89. The molecule has 0 spiro atoms. The van der Waals surface area contributed by atoms with Crippen molar-refractivity contribution >= 4 is 43.1 Å². The third-order valence-corrected chi connectivity index (χ3v) is 5.79. The van der Waals surface area contributed by atoms with Crippen LogP contribution in [0.3, 0.4) is 0 Å². The van der Waals surface area contributed by atoms with Gasteiger partial charge in [-0.1, -0.05) is 15.9 Å². The Balaban J connectivity index is 2.48. The molecule has 0 saturated heterocycles. The highest BCUT2D eigenvalue weighted by Gasteiger charge is 2.24. The number of aromatic carboxylic acids is 1. The molecule has 0 bridgehead atoms. The third kappa shape index (κ3) is 3.25. The minimum atomic E-state index is -3.76. The molecule has 20 heavy (non-hydrogen) atoms. The Morgan fingerprint density at radius 1 is 1.45 bits per heavy atom. The van der Waals surface area contributed by atoms with Crippen molar-refractivity contribution < 1.29 is 18.3 Å². The molecular formula is C12H10BrNO4S2. The van der Waals surface area contributed by atoms with Crippen molar-refractivity contribution in [3.63, 3.8) is 0 Å². The van der Waals surface area contributed by atoms with Gasteiger partial charge in [-0.25, -0.2) is 18.2 Å². The largest absolute Gasteiger partial charge is 0.478 e. The first-order valence-corrected chi connectivity index (χ1v) is 8.79. The molecular weight excluding hydrogens is 366 g/mol. The highest BCUT2D eigenvalue weighted by molar-refractivity contribution is 9.10. The van der Waals surface area contributed by atoms with E-state index in [1.54, 1.807) is 12.3 Å². The normalized spacial score (nSPS) is 11.5. The van der Waals surface area contributed by atoms with E-state index in [1.165, 1.54) is 29.5 Å². The molecule has 1 heterocycles. The molecule has 0 unspecified atom stereocenters. The number of benzene rings is 1. The van der Waals surface area contributed by atoms with Crippen LogP contribution in [-0.2, 0) is 15.6 Å². The quantitative estimate of drug-likeness (QED) is 0.887. The van der Waals surface area contributed by atoms with Crippen molar-refractivity contribution in [1.29, 1.82) is 0 Å². The number of sulfone groups is 1. The van der Waals surface area contributed by atoms with Gasteiger partial charge in [-0.3, -0.25) is 0 Å². The Hall–Kier alpha value is -1.25. The van der Waals surface area contributed by atoms with Gasteiger partial charge in [0.05, 0.1) is 10.5 Å². The number of aryl methyl sites for hydroxylation is 1. The fourth-order valence-electron chi connectivity index (χ4n) is 1.64. The number of aromatic nitrogens is 1. The molecule has 0 saturated carbocycles. The number of thiazole rings is 1. The Kier molecular flexibility index (Phi) is 4.26. The molecule has 2 aromatic rings. The van der Waals surface area contributed by atoms with Crippen LogP contribution in [0.15, 0.2) is 32.9 Å². The number of hydrogen-bond acceptors (Lipinski definition) is 5. The summed E-state index contributed by atoms with van der Waals surface area (Å²) >= 11 is 4.40. The first kappa shape index (κ1) is 15.1. The van der Waals surface area contributed by atoms with Crippen LogP contribution in [0.2, 0.25) is 0 Å². The summed E-state index contributed by atoms with van der Waals surface area (Å²) in [6, 6.07) is 4.07. The summed E-state index contributed by atoms with van der Waals surface area (Å²) in [6.45, 7) is 1.77. The fourth-order valence-corrected chi connectivity index (χ4v) is 4.79. The van der Waals surface area contributed by atoms with Gasteiger partial charge in [-0.2, -0.15) is 0 Å². The molecule has 5 nitrogen and oxygen atoms in total. The standard InChI is InChI=1S/C12H10BrNO4S2/c1-7-5-19-11(14-7)6-20(17,18)10-4-8(13)2-3-9(10)12(15)16/h2-5H,6H2,1H3,(H,15,16). The SMILES string of the molecule is Cc1csc(CS(=O)(=O)c2cc(Br)ccc2C(=O)O)n1. The molecule has 0 aliphatic heterocycles. The lowest BCUT2D eigenvalue weighted by molar-refractivity contribution is 0.0692. The maximum Gasteiger partial charge on any atom is 0.337 e. The molecule has 1 N–H and O–H groups in total. The first-order chi connectivity index (χ1) is 9.29. The summed E-state index contributed by atoms with van der Waals surface area (Å²) in [5.74, 6) is -1.58. The van der Waals surface area contributed by atoms with Crippen LogP contribution in [0.5, 0.6) is 0 Å². The van der Waals surface area contributed by atoms with E-state index in [0.29, 0.717) is 9.48 Å². The zero-order valence-electron chi connectivity index (χ0n) is 10.3. The molecule has 1 aromatic carbocycles. The van der Waals surface area contributed by atoms with Crippen LogP contribution >= 0.6 is 27.3 Å². The van der Waals surface area contributed by atoms with Crippen LogP contribution in [0.4, 0.5) is 0 Å². The zero-order valence-corrected chi connectivity index (χ0v) is 13.5. The fraction of sp³-hybridized carbons (Fsp3) is 0.167. The van der Waals surface area contributed by atoms with E-state index >= 15 is 0 Å². The van der Waals surface area contributed by atoms with Gasteiger partial charge in [0.1, 0.15) is 10.8 Å². The first-order valence-electron chi connectivity index (χ1n) is 5.46. The minimum absolute atomic E-state index is 0.202. The summed E-state index contributed by atoms with van der Waals surface area (Å²) in [5.41, 5.74) is 0.509. The number of rotatable bonds is 4. The lowest BCUT2D eigenvalue weighted by atomic mass is 10.2. The van der Waals surface area contributed by atoms with Crippen molar-refractivity contribution in [3.8, 4) is 0 Å². The van der Waals surface area contributed by atoms with E-state index in [4.69, 9.17) is 5.11 Å². The molecule has 0 atom stereocenters. The van der Waals surface area contributed by atoms with Crippen molar-refractivity contribution in [2.75, 3.05) is 0 Å². The molecule has 0 aliphatic rings. The second kappa shape index (κ2) is 5.63. The Bertz CT molecular complexity index is 768. The summed E-state index contributed by atoms with van der Waals surface area (Å²) in [7, 11) is -3.76. The molecule has 106 valence electrons. The van der Waals surface area contributed by atoms with Crippen LogP contribution in [0.25, 0.3) is 0 Å². The molecule has 1 aromatic heterocycles. The predicted molar refractivity (Wildman–Crippen MR) is 78.8 cm³/mol. The molecule has 8 heteroatoms. The van der Waals surface area contributed by atoms with Crippen LogP contribution in [-0.4, -0.2) is 24.5 Å². The number of carboxylic acid groups (broad SMARTS) is 1. The monoisotopic (exact) mass is 375 g/mol. The van der Waals surface area contributed by atoms with Gasteiger partial charge >= 0.3 is 5.97 Å². The smallest absolute Gasteiger partial charge is 0.337 e. The van der Waals surface area contributed by atoms with E-state index in [-0.39, 0.29) is 16.2 Å². The van der Waals surface area contributed by atoms with Crippen molar-refractivity contribution in [3.05, 3.63) is 44.3 Å². The van der Waals surface area contributed by atoms with Crippen molar-refractivity contribution in [1.82, 2.24) is 4.98 Å². The lowest BCUT2D eigenvalue weighted by Gasteiger charge is -2.07. The maximum absolute atomic E-state index is 12.4. The highest BCUT2D eigenvalue weighted by Crippen LogP contribution is 2.25. The Morgan fingerprint density at radius 3 is 2.70 bits per heavy atom. The highest BCUT2D eigenvalue weighted by atomic mass is 79.9. The van der Waals surface area contributed by atoms with Crippen LogP contribution in [0, 0.1) is 6.92 Å². The number of carbonyl (C=O) groups is 1. The number of hydrogen-bond donors (Lipinski definition) is 1. The number of carboxylic acids is 1. The molecule has 0 fully saturated rings. The number of nitrogens with zero attached hydrogens (tertiary/aromatic N) is 1. The van der Waals surface area contributed by atoms with Crippen LogP contribution < -0.4 is 0 Å². The molecule has 0 radical (unpaired) electrons. The van der Waals surface area contributed by atoms with E-state index in [0.717, 1.165) is 5.69 Å². The minimum Gasteiger partial charge on any atom is -0.478 e. The van der Waals surface area contributed by atoms with Gasteiger partial charge in [-0.15, -0.1) is 11.3 Å². The van der Waals surface area contributed by atoms with Gasteiger partial charge in [0.15, 0.2) is 9.84 Å². The summed E-state index contributed by atoms with van der Waals surface area (Å²) in [5, 5.41) is 11.3. The summed E-state index contributed by atoms with van der Waals surface area (Å²) in [4.78, 5) is 15.0. The maximum atomic E-state index is 12.4. The number of halogens is 1. The van der Waals surface area contributed by atoms with E-state index in [1.807, 2.05) is 0 Å². The van der Waals surface area contributed by atoms with Gasteiger partial charge in [0, 0.05) is 15.5 Å². The third-order valence-electron chi connectivity index (χ3n) is 2.49. The van der Waals surface area contributed by atoms with Gasteiger partial charge < -0.3 is 5.11 Å². The second-order valence-corrected chi connectivity index (χ2v) is 7.90. The van der Waals surface area contributed by atoms with Crippen molar-refractivity contribution in [2.24, 2.45) is 0 Å². The lowest BCUT2D eigenvalue weighted by Crippen LogP contribution is -2.11. The van der Waals surface area contributed by atoms with Crippen molar-refractivity contribution in [2.45, 2.75) is 17.6 Å². The van der Waals surface area contributed by atoms with E-state index in [2.05, 4.69) is 20.9 Å². The van der Waals surface area contributed by atoms with Crippen LogP contribution in [0.1, 0.15) is 21.1 Å². The topological polar surface area (TPSA) is 84.3 Å². The molecule has 0 aliphatic carbocycles. The summed E-state index contributed by atoms with van der Waals surface area (Å²) < 4.78 is 25.3. The second-order valence-electron chi connectivity index (χ2n) is 4.09. The molecule has 0 amide bonds. The van der Waals surface area contributed by atoms with Gasteiger partial charge in [0.2, 0.25) is 0 Å². The van der Waals surface area contributed by atoms with E-state index in [9.17, 15) is 13.2 Å². The average molecular weight is 376 g/mol. The van der Waals surface area contributed by atoms with Gasteiger partial charge in [-0.05, 0) is 25.1 Å². The van der Waals surface area contributed by atoms with E-state index < -0.39 is 15.8 Å². The molecule has 2 rings (SSSR count). The summed E-state index contributed by atoms with van der Waals surface area (Å²) in [6.07, 6.45) is 0. The zero-order chi connectivity index (χ0) is 14.9.